The molecule has 0 bridgehead atoms. The number of nitro groups is 1. The molecule has 172 valence electrons. The quantitative estimate of drug-likeness (QED) is 0.140. The van der Waals surface area contributed by atoms with E-state index in [1.807, 2.05) is 31.2 Å². The number of esters is 1. The number of nitro benzene ring substituents is 1. The van der Waals surface area contributed by atoms with Crippen LogP contribution in [-0.2, 0) is 16.1 Å². The van der Waals surface area contributed by atoms with Crippen LogP contribution in [0.25, 0.3) is 6.08 Å². The average molecular weight is 586 g/mol. The maximum Gasteiger partial charge on any atom is 0.363 e. The lowest BCUT2D eigenvalue weighted by atomic mass is 10.1. The molecule has 0 N–H and O–H groups in total. The van der Waals surface area contributed by atoms with Crippen molar-refractivity contribution in [3.8, 4) is 5.75 Å². The molecule has 7 nitrogen and oxygen atoms in total. The highest BCUT2D eigenvalue weighted by Gasteiger charge is 2.26. The van der Waals surface area contributed by atoms with E-state index in [4.69, 9.17) is 9.47 Å². The summed E-state index contributed by atoms with van der Waals surface area (Å²) in [5.41, 5.74) is 3.80. The van der Waals surface area contributed by atoms with E-state index < -0.39 is 10.9 Å². The zero-order chi connectivity index (χ0) is 24.4. The fourth-order valence-corrected chi connectivity index (χ4v) is 4.72. The van der Waals surface area contributed by atoms with Crippen molar-refractivity contribution >= 4 is 55.5 Å². The van der Waals surface area contributed by atoms with Crippen LogP contribution in [0.2, 0.25) is 0 Å². The van der Waals surface area contributed by atoms with Gasteiger partial charge >= 0.3 is 5.97 Å². The van der Waals surface area contributed by atoms with E-state index in [2.05, 4.69) is 36.9 Å². The number of rotatable bonds is 6. The normalized spacial score (nSPS) is 14.2. The van der Waals surface area contributed by atoms with Crippen LogP contribution in [0.1, 0.15) is 27.8 Å². The molecule has 9 heteroatoms. The number of hydrogen-bond donors (Lipinski definition) is 0. The summed E-state index contributed by atoms with van der Waals surface area (Å²) < 4.78 is 12.6. The van der Waals surface area contributed by atoms with Crippen molar-refractivity contribution < 1.29 is 19.2 Å². The molecule has 0 saturated carbocycles. The van der Waals surface area contributed by atoms with Gasteiger partial charge in [-0.25, -0.2) is 9.79 Å². The molecular weight excluding hydrogens is 568 g/mol. The largest absolute Gasteiger partial charge is 0.487 e. The second kappa shape index (κ2) is 9.90. The molecule has 0 spiro atoms. The van der Waals surface area contributed by atoms with Crippen LogP contribution in [0.3, 0.4) is 0 Å². The Morgan fingerprint density at radius 3 is 2.38 bits per heavy atom. The van der Waals surface area contributed by atoms with Crippen LogP contribution in [0.4, 0.5) is 5.69 Å². The summed E-state index contributed by atoms with van der Waals surface area (Å²) in [6.07, 6.45) is 1.58. The summed E-state index contributed by atoms with van der Waals surface area (Å²) >= 11 is 7.05. The third kappa shape index (κ3) is 5.26. The lowest BCUT2D eigenvalue weighted by Gasteiger charge is -2.11. The van der Waals surface area contributed by atoms with Crippen molar-refractivity contribution in [1.29, 1.82) is 0 Å². The van der Waals surface area contributed by atoms with Gasteiger partial charge < -0.3 is 9.47 Å². The highest BCUT2D eigenvalue weighted by molar-refractivity contribution is 9.11. The number of aryl methyl sites for hydroxylation is 2. The Labute approximate surface area is 212 Å². The summed E-state index contributed by atoms with van der Waals surface area (Å²) in [6.45, 7) is 4.07. The standard InChI is InChI=1S/C25H18Br2N2O5/c1-14-3-6-16(7-4-14)13-33-23-19(26)9-17(10-20(23)27)11-21-25(30)34-24(28-21)18-8-5-15(2)22(12-18)29(31)32/h3-12H,13H2,1-2H3/b21-11-. The van der Waals surface area contributed by atoms with Gasteiger partial charge in [0.25, 0.3) is 5.69 Å². The van der Waals surface area contributed by atoms with E-state index in [1.165, 1.54) is 11.6 Å². The number of hydrogen-bond acceptors (Lipinski definition) is 6. The summed E-state index contributed by atoms with van der Waals surface area (Å²) in [7, 11) is 0. The SMILES string of the molecule is Cc1ccc(COc2c(Br)cc(/C=C3\N=C(c4ccc(C)c([N+](=O)[O-])c4)OC3=O)cc2Br)cc1. The maximum absolute atomic E-state index is 12.4. The zero-order valence-corrected chi connectivity index (χ0v) is 21.3. The second-order valence-electron chi connectivity index (χ2n) is 7.68. The van der Waals surface area contributed by atoms with Gasteiger partial charge in [-0.2, -0.15) is 0 Å². The Kier molecular flexibility index (Phi) is 6.95. The zero-order valence-electron chi connectivity index (χ0n) is 18.2. The van der Waals surface area contributed by atoms with Crippen LogP contribution < -0.4 is 4.74 Å². The first-order chi connectivity index (χ1) is 16.2. The van der Waals surface area contributed by atoms with Gasteiger partial charge in [0.15, 0.2) is 5.70 Å². The molecule has 0 amide bonds. The van der Waals surface area contributed by atoms with E-state index in [9.17, 15) is 14.9 Å². The predicted molar refractivity (Wildman–Crippen MR) is 136 cm³/mol. The number of aliphatic imine (C=N–C) groups is 1. The van der Waals surface area contributed by atoms with Gasteiger partial charge in [0, 0.05) is 17.2 Å². The van der Waals surface area contributed by atoms with E-state index in [0.717, 1.165) is 5.56 Å². The minimum atomic E-state index is -0.634. The number of ether oxygens (including phenoxy) is 2. The predicted octanol–water partition coefficient (Wildman–Crippen LogP) is 6.66. The third-order valence-electron chi connectivity index (χ3n) is 5.10. The van der Waals surface area contributed by atoms with Crippen molar-refractivity contribution in [1.82, 2.24) is 0 Å². The molecule has 1 heterocycles. The highest BCUT2D eigenvalue weighted by Crippen LogP contribution is 2.36. The van der Waals surface area contributed by atoms with Crippen LogP contribution in [-0.4, -0.2) is 16.8 Å². The van der Waals surface area contributed by atoms with Crippen LogP contribution in [0.5, 0.6) is 5.75 Å². The molecule has 0 fully saturated rings. The number of cyclic esters (lactones) is 1. The van der Waals surface area contributed by atoms with E-state index in [-0.39, 0.29) is 17.3 Å². The Morgan fingerprint density at radius 2 is 1.74 bits per heavy atom. The molecule has 1 aliphatic heterocycles. The molecular formula is C25H18Br2N2O5. The van der Waals surface area contributed by atoms with Gasteiger partial charge in [-0.15, -0.1) is 0 Å². The van der Waals surface area contributed by atoms with Crippen LogP contribution in [0.15, 0.2) is 74.2 Å². The van der Waals surface area contributed by atoms with Crippen molar-refractivity contribution in [3.05, 3.63) is 107 Å². The summed E-state index contributed by atoms with van der Waals surface area (Å²) in [6, 6.07) is 16.3. The summed E-state index contributed by atoms with van der Waals surface area (Å²) in [5, 5.41) is 11.2. The minimum absolute atomic E-state index is 0.0236. The Bertz CT molecular complexity index is 1340. The first-order valence-electron chi connectivity index (χ1n) is 10.2. The smallest absolute Gasteiger partial charge is 0.363 e. The van der Waals surface area contributed by atoms with E-state index in [1.54, 1.807) is 37.3 Å². The number of carbonyl (C=O) groups excluding carboxylic acids is 1. The Hall–Kier alpha value is -3.30. The van der Waals surface area contributed by atoms with Gasteiger partial charge in [0.1, 0.15) is 12.4 Å². The molecule has 3 aromatic carbocycles. The molecule has 4 rings (SSSR count). The van der Waals surface area contributed by atoms with Crippen LogP contribution in [0, 0.1) is 24.0 Å². The molecule has 0 saturated heterocycles. The molecule has 0 unspecified atom stereocenters. The van der Waals surface area contributed by atoms with Gasteiger partial charge in [0.2, 0.25) is 5.90 Å². The highest BCUT2D eigenvalue weighted by atomic mass is 79.9. The number of nitrogens with zero attached hydrogens (tertiary/aromatic N) is 2. The average Bonchev–Trinajstić information content (AvgIpc) is 3.14. The Morgan fingerprint density at radius 1 is 1.06 bits per heavy atom. The van der Waals surface area contributed by atoms with Crippen LogP contribution >= 0.6 is 31.9 Å². The molecule has 0 radical (unpaired) electrons. The second-order valence-corrected chi connectivity index (χ2v) is 9.39. The van der Waals surface area contributed by atoms with E-state index in [0.29, 0.717) is 38.0 Å². The maximum atomic E-state index is 12.4. The minimum Gasteiger partial charge on any atom is -0.487 e. The van der Waals surface area contributed by atoms with Crippen molar-refractivity contribution in [2.75, 3.05) is 0 Å². The van der Waals surface area contributed by atoms with E-state index >= 15 is 0 Å². The lowest BCUT2D eigenvalue weighted by molar-refractivity contribution is -0.385. The van der Waals surface area contributed by atoms with Crippen molar-refractivity contribution in [2.45, 2.75) is 20.5 Å². The van der Waals surface area contributed by atoms with Gasteiger partial charge in [-0.1, -0.05) is 35.9 Å². The first-order valence-corrected chi connectivity index (χ1v) is 11.8. The van der Waals surface area contributed by atoms with Crippen molar-refractivity contribution in [3.63, 3.8) is 0 Å². The number of halogens is 2. The fourth-order valence-electron chi connectivity index (χ4n) is 3.27. The third-order valence-corrected chi connectivity index (χ3v) is 6.28. The molecule has 0 atom stereocenters. The van der Waals surface area contributed by atoms with Gasteiger partial charge in [-0.05, 0) is 81.1 Å². The first kappa shape index (κ1) is 23.8. The molecule has 1 aliphatic rings. The van der Waals surface area contributed by atoms with Gasteiger partial charge in [0.05, 0.1) is 13.9 Å². The fraction of sp³-hybridized carbons (Fsp3) is 0.120. The molecule has 3 aromatic rings. The molecule has 34 heavy (non-hydrogen) atoms. The van der Waals surface area contributed by atoms with Gasteiger partial charge in [-0.3, -0.25) is 10.1 Å². The van der Waals surface area contributed by atoms with Crippen molar-refractivity contribution in [2.24, 2.45) is 4.99 Å². The number of carbonyl (C=O) groups is 1. The molecule has 0 aliphatic carbocycles. The number of benzene rings is 3. The summed E-state index contributed by atoms with van der Waals surface area (Å²) in [4.78, 5) is 27.4. The lowest BCUT2D eigenvalue weighted by Crippen LogP contribution is -2.06. The topological polar surface area (TPSA) is 91.0 Å². The monoisotopic (exact) mass is 584 g/mol. The summed E-state index contributed by atoms with van der Waals surface area (Å²) in [5.74, 6) is 0.0218. The molecule has 0 aromatic heterocycles. The Balaban J connectivity index is 1.57.